The molecule has 5 rings (SSSR count). The van der Waals surface area contributed by atoms with Crippen molar-refractivity contribution in [1.82, 2.24) is 19.8 Å². The molecule has 8 nitrogen and oxygen atoms in total. The van der Waals surface area contributed by atoms with E-state index in [1.165, 1.54) is 11.3 Å². The molecule has 3 aromatic heterocycles. The predicted octanol–water partition coefficient (Wildman–Crippen LogP) is 3.61. The SMILES string of the molecule is CNC(=O)c1csc2cc(Oc3ccnn4cc(C(=O)N5CC[C@](C)(O)C5)c(C)c34)ccc12. The number of hydrogen-bond donors (Lipinski definition) is 2. The van der Waals surface area contributed by atoms with Crippen LogP contribution in [0.15, 0.2) is 42.0 Å². The third-order valence-corrected chi connectivity index (χ3v) is 7.05. The summed E-state index contributed by atoms with van der Waals surface area (Å²) in [5.41, 5.74) is 1.81. The maximum absolute atomic E-state index is 13.1. The van der Waals surface area contributed by atoms with Crippen molar-refractivity contribution in [3.63, 3.8) is 0 Å². The second-order valence-corrected chi connectivity index (χ2v) is 9.53. The Morgan fingerprint density at radius 3 is 2.82 bits per heavy atom. The molecule has 1 fully saturated rings. The normalized spacial score (nSPS) is 18.2. The summed E-state index contributed by atoms with van der Waals surface area (Å²) in [4.78, 5) is 26.8. The van der Waals surface area contributed by atoms with E-state index >= 15 is 0 Å². The summed E-state index contributed by atoms with van der Waals surface area (Å²) in [6.07, 6.45) is 3.90. The number of aryl methyl sites for hydroxylation is 1. The first-order valence-electron chi connectivity index (χ1n) is 10.7. The number of fused-ring (bicyclic) bond motifs is 2. The Morgan fingerprint density at radius 1 is 1.27 bits per heavy atom. The highest BCUT2D eigenvalue weighted by Crippen LogP contribution is 2.35. The summed E-state index contributed by atoms with van der Waals surface area (Å²) in [5.74, 6) is 0.970. The van der Waals surface area contributed by atoms with Crippen LogP contribution in [-0.4, -0.2) is 57.2 Å². The van der Waals surface area contributed by atoms with Crippen LogP contribution in [0.4, 0.5) is 0 Å². The van der Waals surface area contributed by atoms with Crippen LogP contribution in [0.25, 0.3) is 15.6 Å². The number of nitrogens with zero attached hydrogens (tertiary/aromatic N) is 3. The highest BCUT2D eigenvalue weighted by molar-refractivity contribution is 7.17. The molecule has 9 heteroatoms. The maximum Gasteiger partial charge on any atom is 0.255 e. The third kappa shape index (κ3) is 3.73. The van der Waals surface area contributed by atoms with Crippen molar-refractivity contribution in [3.8, 4) is 11.5 Å². The number of nitrogens with one attached hydrogen (secondary N) is 1. The zero-order chi connectivity index (χ0) is 23.3. The average molecular weight is 465 g/mol. The number of hydrogen-bond acceptors (Lipinski definition) is 6. The van der Waals surface area contributed by atoms with Crippen molar-refractivity contribution >= 4 is 38.8 Å². The van der Waals surface area contributed by atoms with Gasteiger partial charge in [0.15, 0.2) is 5.75 Å². The fraction of sp³-hybridized carbons (Fsp3) is 0.292. The summed E-state index contributed by atoms with van der Waals surface area (Å²) in [5, 5.41) is 20.0. The zero-order valence-electron chi connectivity index (χ0n) is 18.6. The lowest BCUT2D eigenvalue weighted by atomic mass is 10.1. The molecule has 1 aliphatic heterocycles. The molecule has 2 amide bonds. The van der Waals surface area contributed by atoms with Crippen molar-refractivity contribution < 1.29 is 19.4 Å². The molecule has 2 N–H and O–H groups in total. The summed E-state index contributed by atoms with van der Waals surface area (Å²) < 4.78 is 8.81. The van der Waals surface area contributed by atoms with Crippen molar-refractivity contribution in [1.29, 1.82) is 0 Å². The lowest BCUT2D eigenvalue weighted by Crippen LogP contribution is -2.34. The van der Waals surface area contributed by atoms with Gasteiger partial charge in [-0.1, -0.05) is 0 Å². The van der Waals surface area contributed by atoms with Gasteiger partial charge in [-0.3, -0.25) is 9.59 Å². The van der Waals surface area contributed by atoms with Crippen LogP contribution in [0.5, 0.6) is 11.5 Å². The van der Waals surface area contributed by atoms with Crippen LogP contribution in [0.2, 0.25) is 0 Å². The maximum atomic E-state index is 13.1. The number of carbonyl (C=O) groups is 2. The topological polar surface area (TPSA) is 96.2 Å². The van der Waals surface area contributed by atoms with Gasteiger partial charge in [0.1, 0.15) is 11.3 Å². The molecule has 1 aliphatic rings. The molecule has 1 saturated heterocycles. The quantitative estimate of drug-likeness (QED) is 0.481. The first-order chi connectivity index (χ1) is 15.8. The van der Waals surface area contributed by atoms with Gasteiger partial charge in [0.25, 0.3) is 11.8 Å². The van der Waals surface area contributed by atoms with E-state index in [1.807, 2.05) is 30.5 Å². The molecule has 4 heterocycles. The number of aromatic nitrogens is 2. The van der Waals surface area contributed by atoms with Crippen molar-refractivity contribution in [2.45, 2.75) is 25.9 Å². The number of ether oxygens (including phenoxy) is 1. The Kier molecular flexibility index (Phi) is 5.10. The molecule has 0 radical (unpaired) electrons. The van der Waals surface area contributed by atoms with Crippen LogP contribution < -0.4 is 10.1 Å². The number of carbonyl (C=O) groups excluding carboxylic acids is 2. The number of aliphatic hydroxyl groups is 1. The van der Waals surface area contributed by atoms with E-state index in [4.69, 9.17) is 4.74 Å². The van der Waals surface area contributed by atoms with Crippen molar-refractivity contribution in [3.05, 3.63) is 58.7 Å². The largest absolute Gasteiger partial charge is 0.455 e. The summed E-state index contributed by atoms with van der Waals surface area (Å²) in [6.45, 7) is 4.46. The second-order valence-electron chi connectivity index (χ2n) is 8.62. The molecule has 0 aliphatic carbocycles. The number of thiophene rings is 1. The van der Waals surface area contributed by atoms with E-state index in [1.54, 1.807) is 41.8 Å². The Morgan fingerprint density at radius 2 is 2.09 bits per heavy atom. The standard InChI is InChI=1S/C24H24N4O4S/c1-14-17(23(30)27-9-7-24(2,31)13-27)11-28-21(14)19(6-8-26-28)32-15-4-5-16-18(22(29)25-3)12-33-20(16)10-15/h4-6,8,10-12,31H,7,9,13H2,1-3H3,(H,25,29)/t24-/m0/s1. The summed E-state index contributed by atoms with van der Waals surface area (Å²) in [7, 11) is 1.61. The monoisotopic (exact) mass is 464 g/mol. The van der Waals surface area contributed by atoms with Gasteiger partial charge in [-0.05, 0) is 44.0 Å². The van der Waals surface area contributed by atoms with E-state index in [0.29, 0.717) is 47.7 Å². The van der Waals surface area contributed by atoms with Gasteiger partial charge in [0, 0.05) is 47.9 Å². The molecule has 0 unspecified atom stereocenters. The van der Waals surface area contributed by atoms with E-state index in [0.717, 1.165) is 15.6 Å². The number of benzene rings is 1. The second kappa shape index (κ2) is 7.86. The molecule has 33 heavy (non-hydrogen) atoms. The van der Waals surface area contributed by atoms with E-state index < -0.39 is 5.60 Å². The lowest BCUT2D eigenvalue weighted by Gasteiger charge is -2.18. The van der Waals surface area contributed by atoms with Crippen LogP contribution >= 0.6 is 11.3 Å². The smallest absolute Gasteiger partial charge is 0.255 e. The zero-order valence-corrected chi connectivity index (χ0v) is 19.4. The molecular weight excluding hydrogens is 440 g/mol. The van der Waals surface area contributed by atoms with Crippen LogP contribution in [-0.2, 0) is 0 Å². The minimum absolute atomic E-state index is 0.119. The average Bonchev–Trinajstić information content (AvgIpc) is 3.48. The highest BCUT2D eigenvalue weighted by atomic mass is 32.1. The van der Waals surface area contributed by atoms with Gasteiger partial charge in [-0.15, -0.1) is 11.3 Å². The predicted molar refractivity (Wildman–Crippen MR) is 126 cm³/mol. The first kappa shape index (κ1) is 21.4. The van der Waals surface area contributed by atoms with Gasteiger partial charge in [-0.2, -0.15) is 5.10 Å². The van der Waals surface area contributed by atoms with Gasteiger partial charge in [-0.25, -0.2) is 4.52 Å². The van der Waals surface area contributed by atoms with E-state index in [9.17, 15) is 14.7 Å². The molecule has 0 saturated carbocycles. The first-order valence-corrected chi connectivity index (χ1v) is 11.6. The Hall–Kier alpha value is -3.43. The lowest BCUT2D eigenvalue weighted by molar-refractivity contribution is 0.0572. The minimum atomic E-state index is -0.854. The third-order valence-electron chi connectivity index (χ3n) is 6.11. The Labute approximate surface area is 194 Å². The van der Waals surface area contributed by atoms with Crippen LogP contribution in [0.1, 0.15) is 39.6 Å². The Balaban J connectivity index is 1.48. The number of likely N-dealkylation sites (tertiary alicyclic amines) is 1. The molecule has 1 atom stereocenters. The number of β-amino-alcohol motifs (C(OH)–C–C–N with tert-alkyl or cyclic N) is 1. The van der Waals surface area contributed by atoms with Crippen LogP contribution in [0, 0.1) is 6.92 Å². The van der Waals surface area contributed by atoms with Crippen molar-refractivity contribution in [2.24, 2.45) is 0 Å². The molecule has 170 valence electrons. The summed E-state index contributed by atoms with van der Waals surface area (Å²) >= 11 is 1.48. The molecular formula is C24H24N4O4S. The van der Waals surface area contributed by atoms with Crippen molar-refractivity contribution in [2.75, 3.05) is 20.1 Å². The Bertz CT molecular complexity index is 1400. The number of amides is 2. The molecule has 0 spiro atoms. The fourth-order valence-corrected chi connectivity index (χ4v) is 5.29. The van der Waals surface area contributed by atoms with E-state index in [-0.39, 0.29) is 11.8 Å². The fourth-order valence-electron chi connectivity index (χ4n) is 4.32. The molecule has 4 aromatic rings. The van der Waals surface area contributed by atoms with Gasteiger partial charge < -0.3 is 20.1 Å². The van der Waals surface area contributed by atoms with E-state index in [2.05, 4.69) is 10.4 Å². The summed E-state index contributed by atoms with van der Waals surface area (Å²) in [6, 6.07) is 7.38. The minimum Gasteiger partial charge on any atom is -0.455 e. The van der Waals surface area contributed by atoms with Gasteiger partial charge in [0.2, 0.25) is 0 Å². The molecule has 1 aromatic carbocycles. The highest BCUT2D eigenvalue weighted by Gasteiger charge is 2.35. The van der Waals surface area contributed by atoms with Crippen LogP contribution in [0.3, 0.4) is 0 Å². The number of rotatable bonds is 4. The molecule has 0 bridgehead atoms. The van der Waals surface area contributed by atoms with Gasteiger partial charge in [0.05, 0.1) is 22.9 Å². The van der Waals surface area contributed by atoms with Gasteiger partial charge >= 0.3 is 0 Å².